The van der Waals surface area contributed by atoms with Gasteiger partial charge in [0, 0.05) is 18.4 Å². The minimum atomic E-state index is 0.284. The van der Waals surface area contributed by atoms with Crippen LogP contribution in [0.2, 0.25) is 0 Å². The molecule has 0 aromatic rings. The molecule has 1 N–H and O–H groups in total. The maximum Gasteiger partial charge on any atom is 0.0558 e. The average molecular weight is 264 g/mol. The molecule has 0 atom stereocenters. The molecule has 1 fully saturated rings. The minimum Gasteiger partial charge on any atom is -0.395 e. The van der Waals surface area contributed by atoms with E-state index in [1.54, 1.807) is 0 Å². The molecule has 0 spiro atoms. The first-order valence-electron chi connectivity index (χ1n) is 5.65. The molecule has 0 bridgehead atoms. The van der Waals surface area contributed by atoms with Crippen molar-refractivity contribution in [2.75, 3.05) is 31.6 Å². The summed E-state index contributed by atoms with van der Waals surface area (Å²) in [5, 5.41) is 10.1. The van der Waals surface area contributed by atoms with Crippen molar-refractivity contribution >= 4 is 15.9 Å². The third-order valence-electron chi connectivity index (χ3n) is 3.37. The number of hydrogen-bond acceptors (Lipinski definition) is 2. The molecule has 1 saturated carbocycles. The van der Waals surface area contributed by atoms with Gasteiger partial charge in [0.1, 0.15) is 0 Å². The first-order valence-corrected chi connectivity index (χ1v) is 6.77. The molecule has 0 aliphatic heterocycles. The van der Waals surface area contributed by atoms with E-state index < -0.39 is 0 Å². The lowest BCUT2D eigenvalue weighted by Crippen LogP contribution is -2.38. The molecule has 0 saturated heterocycles. The molecule has 0 aromatic heterocycles. The zero-order valence-electron chi connectivity index (χ0n) is 9.14. The fraction of sp³-hybridized carbons (Fsp3) is 1.00. The van der Waals surface area contributed by atoms with Crippen molar-refractivity contribution in [1.29, 1.82) is 0 Å². The van der Waals surface area contributed by atoms with Gasteiger partial charge in [0.15, 0.2) is 0 Å². The number of hydrogen-bond donors (Lipinski definition) is 1. The number of likely N-dealkylation sites (N-methyl/N-ethyl adjacent to an activating group) is 1. The zero-order chi connectivity index (χ0) is 10.4. The van der Waals surface area contributed by atoms with Crippen LogP contribution in [0.1, 0.15) is 32.6 Å². The summed E-state index contributed by atoms with van der Waals surface area (Å²) in [4.78, 5) is 2.37. The van der Waals surface area contributed by atoms with Crippen molar-refractivity contribution < 1.29 is 5.11 Å². The van der Waals surface area contributed by atoms with E-state index in [0.29, 0.717) is 5.41 Å². The van der Waals surface area contributed by atoms with Crippen molar-refractivity contribution in [1.82, 2.24) is 4.90 Å². The van der Waals surface area contributed by atoms with E-state index in [2.05, 4.69) is 27.8 Å². The van der Waals surface area contributed by atoms with Gasteiger partial charge in [0.05, 0.1) is 6.61 Å². The number of aliphatic hydroxyl groups excluding tert-OH is 1. The summed E-state index contributed by atoms with van der Waals surface area (Å²) in [6.45, 7) is 5.48. The van der Waals surface area contributed by atoms with Crippen LogP contribution in [0.4, 0.5) is 0 Å². The topological polar surface area (TPSA) is 23.5 Å². The summed E-state index contributed by atoms with van der Waals surface area (Å²) in [5.74, 6) is 0. The fourth-order valence-corrected chi connectivity index (χ4v) is 3.16. The second-order valence-electron chi connectivity index (χ2n) is 4.43. The van der Waals surface area contributed by atoms with E-state index in [1.165, 1.54) is 25.7 Å². The van der Waals surface area contributed by atoms with Crippen LogP contribution in [0, 0.1) is 5.41 Å². The quantitative estimate of drug-likeness (QED) is 0.744. The lowest BCUT2D eigenvalue weighted by Gasteiger charge is -2.33. The Balaban J connectivity index is 2.44. The standard InChI is InChI=1S/C11H22BrNO/c1-2-13(7-8-14)10-11(9-12)5-3-4-6-11/h14H,2-10H2,1H3. The molecule has 1 aliphatic rings. The Morgan fingerprint density at radius 2 is 2.00 bits per heavy atom. The van der Waals surface area contributed by atoms with E-state index in [1.807, 2.05) is 0 Å². The smallest absolute Gasteiger partial charge is 0.0558 e. The van der Waals surface area contributed by atoms with Crippen molar-refractivity contribution in [2.45, 2.75) is 32.6 Å². The van der Waals surface area contributed by atoms with Gasteiger partial charge in [0.25, 0.3) is 0 Å². The van der Waals surface area contributed by atoms with E-state index in [9.17, 15) is 0 Å². The fourth-order valence-electron chi connectivity index (χ4n) is 2.42. The molecule has 14 heavy (non-hydrogen) atoms. The van der Waals surface area contributed by atoms with Crippen LogP contribution in [-0.2, 0) is 0 Å². The van der Waals surface area contributed by atoms with Gasteiger partial charge in [-0.05, 0) is 24.8 Å². The van der Waals surface area contributed by atoms with Crippen molar-refractivity contribution in [3.8, 4) is 0 Å². The van der Waals surface area contributed by atoms with Crippen molar-refractivity contribution in [3.05, 3.63) is 0 Å². The highest BCUT2D eigenvalue weighted by Gasteiger charge is 2.33. The third kappa shape index (κ3) is 3.21. The molecule has 0 radical (unpaired) electrons. The Bertz CT molecular complexity index is 157. The number of aliphatic hydroxyl groups is 1. The second kappa shape index (κ2) is 6.09. The summed E-state index contributed by atoms with van der Waals surface area (Å²) in [7, 11) is 0. The van der Waals surface area contributed by atoms with E-state index >= 15 is 0 Å². The predicted octanol–water partition coefficient (Wildman–Crippen LogP) is 2.26. The van der Waals surface area contributed by atoms with Gasteiger partial charge in [-0.15, -0.1) is 0 Å². The van der Waals surface area contributed by atoms with Gasteiger partial charge in [-0.25, -0.2) is 0 Å². The van der Waals surface area contributed by atoms with E-state index in [4.69, 9.17) is 5.11 Å². The number of alkyl halides is 1. The summed E-state index contributed by atoms with van der Waals surface area (Å²) in [6.07, 6.45) is 5.45. The Labute approximate surface area is 95.8 Å². The molecular formula is C11H22BrNO. The highest BCUT2D eigenvalue weighted by Crippen LogP contribution is 2.40. The van der Waals surface area contributed by atoms with Crippen LogP contribution in [0.25, 0.3) is 0 Å². The molecule has 84 valence electrons. The maximum absolute atomic E-state index is 8.94. The molecule has 0 amide bonds. The average Bonchev–Trinajstić information content (AvgIpc) is 2.66. The van der Waals surface area contributed by atoms with Crippen LogP contribution in [0.15, 0.2) is 0 Å². The minimum absolute atomic E-state index is 0.284. The molecule has 0 heterocycles. The lowest BCUT2D eigenvalue weighted by atomic mass is 9.88. The summed E-state index contributed by atoms with van der Waals surface area (Å²) >= 11 is 3.65. The van der Waals surface area contributed by atoms with Crippen LogP contribution < -0.4 is 0 Å². The van der Waals surface area contributed by atoms with Gasteiger partial charge in [-0.2, -0.15) is 0 Å². The Hall–Kier alpha value is 0.400. The van der Waals surface area contributed by atoms with Crippen LogP contribution >= 0.6 is 15.9 Å². The normalized spacial score (nSPS) is 20.6. The molecule has 2 nitrogen and oxygen atoms in total. The van der Waals surface area contributed by atoms with E-state index in [-0.39, 0.29) is 6.61 Å². The largest absolute Gasteiger partial charge is 0.395 e. The molecule has 3 heteroatoms. The Kier molecular flexibility index (Phi) is 5.42. The highest BCUT2D eigenvalue weighted by molar-refractivity contribution is 9.09. The molecule has 1 rings (SSSR count). The van der Waals surface area contributed by atoms with Gasteiger partial charge in [0.2, 0.25) is 0 Å². The van der Waals surface area contributed by atoms with E-state index in [0.717, 1.165) is 25.0 Å². The summed E-state index contributed by atoms with van der Waals surface area (Å²) < 4.78 is 0. The first-order chi connectivity index (χ1) is 6.76. The molecule has 0 aromatic carbocycles. The number of nitrogens with zero attached hydrogens (tertiary/aromatic N) is 1. The van der Waals surface area contributed by atoms with Gasteiger partial charge in [-0.3, -0.25) is 0 Å². The second-order valence-corrected chi connectivity index (χ2v) is 4.99. The highest BCUT2D eigenvalue weighted by atomic mass is 79.9. The van der Waals surface area contributed by atoms with Crippen molar-refractivity contribution in [3.63, 3.8) is 0 Å². The maximum atomic E-state index is 8.94. The number of halogens is 1. The summed E-state index contributed by atoms with van der Waals surface area (Å²) in [5.41, 5.74) is 0.491. The van der Waals surface area contributed by atoms with Gasteiger partial charge < -0.3 is 10.0 Å². The predicted molar refractivity (Wildman–Crippen MR) is 63.9 cm³/mol. The molecular weight excluding hydrogens is 242 g/mol. The van der Waals surface area contributed by atoms with Crippen LogP contribution in [0.3, 0.4) is 0 Å². The number of rotatable bonds is 6. The van der Waals surface area contributed by atoms with Crippen LogP contribution in [0.5, 0.6) is 0 Å². The van der Waals surface area contributed by atoms with Gasteiger partial charge in [-0.1, -0.05) is 35.7 Å². The van der Waals surface area contributed by atoms with Crippen molar-refractivity contribution in [2.24, 2.45) is 5.41 Å². The van der Waals surface area contributed by atoms with Crippen LogP contribution in [-0.4, -0.2) is 41.6 Å². The third-order valence-corrected chi connectivity index (χ3v) is 4.56. The summed E-state index contributed by atoms with van der Waals surface area (Å²) in [6, 6.07) is 0. The Morgan fingerprint density at radius 1 is 1.36 bits per heavy atom. The monoisotopic (exact) mass is 263 g/mol. The SMILES string of the molecule is CCN(CCO)CC1(CBr)CCCC1. The van der Waals surface area contributed by atoms with Gasteiger partial charge >= 0.3 is 0 Å². The lowest BCUT2D eigenvalue weighted by molar-refractivity contribution is 0.146. The Morgan fingerprint density at radius 3 is 2.43 bits per heavy atom. The zero-order valence-corrected chi connectivity index (χ0v) is 10.7. The molecule has 1 aliphatic carbocycles. The first kappa shape index (κ1) is 12.5. The molecule has 0 unspecified atom stereocenters.